The third kappa shape index (κ3) is 6.05. The van der Waals surface area contributed by atoms with Crippen LogP contribution in [-0.4, -0.2) is 0 Å². The van der Waals surface area contributed by atoms with Gasteiger partial charge in [-0.25, -0.2) is 0 Å². The molecule has 11 aromatic rings. The average Bonchev–Trinajstić information content (AvgIpc) is 3.30. The molecule has 274 valence electrons. The van der Waals surface area contributed by atoms with Gasteiger partial charge < -0.3 is 4.90 Å². The highest BCUT2D eigenvalue weighted by Crippen LogP contribution is 2.46. The van der Waals surface area contributed by atoms with Gasteiger partial charge in [-0.1, -0.05) is 152 Å². The van der Waals surface area contributed by atoms with Gasteiger partial charge in [0.2, 0.25) is 0 Å². The minimum Gasteiger partial charge on any atom is -0.310 e. The third-order valence-corrected chi connectivity index (χ3v) is 11.8. The maximum atomic E-state index is 9.55. The molecule has 0 saturated carbocycles. The molecule has 0 fully saturated rings. The second-order valence-corrected chi connectivity index (χ2v) is 15.3. The molecule has 0 unspecified atom stereocenters. The average molecular weight is 749 g/mol. The second kappa shape index (κ2) is 14.2. The maximum absolute atomic E-state index is 9.55. The lowest BCUT2D eigenvalue weighted by Gasteiger charge is -2.26. The topological polar surface area (TPSA) is 27.0 Å². The van der Waals surface area contributed by atoms with E-state index in [-0.39, 0.29) is 0 Å². The minimum absolute atomic E-state index is 0.637. The minimum atomic E-state index is 0.637. The van der Waals surface area contributed by atoms with Crippen molar-refractivity contribution in [3.05, 3.63) is 224 Å². The molecule has 11 aromatic carbocycles. The summed E-state index contributed by atoms with van der Waals surface area (Å²) in [5, 5.41) is 21.8. The van der Waals surface area contributed by atoms with Crippen molar-refractivity contribution < 1.29 is 0 Å². The summed E-state index contributed by atoms with van der Waals surface area (Å²) < 4.78 is 0. The Morgan fingerprint density at radius 3 is 1.25 bits per heavy atom. The lowest BCUT2D eigenvalue weighted by Crippen LogP contribution is -2.09. The zero-order valence-electron chi connectivity index (χ0n) is 32.2. The zero-order valence-corrected chi connectivity index (χ0v) is 32.2. The highest BCUT2D eigenvalue weighted by molar-refractivity contribution is 6.22. The number of nitrogens with zero attached hydrogens (tertiary/aromatic N) is 2. The van der Waals surface area contributed by atoms with Crippen LogP contribution in [0.2, 0.25) is 0 Å². The fourth-order valence-corrected chi connectivity index (χ4v) is 8.92. The molecule has 0 radical (unpaired) electrons. The Bertz CT molecular complexity index is 3450. The molecule has 2 nitrogen and oxygen atoms in total. The molecule has 0 atom stereocenters. The fourth-order valence-electron chi connectivity index (χ4n) is 8.92. The lowest BCUT2D eigenvalue weighted by molar-refractivity contribution is 1.29. The van der Waals surface area contributed by atoms with Crippen molar-refractivity contribution in [2.45, 2.75) is 0 Å². The number of nitriles is 1. The Labute approximate surface area is 343 Å². The van der Waals surface area contributed by atoms with E-state index in [4.69, 9.17) is 0 Å². The quantitative estimate of drug-likeness (QED) is 0.158. The molecule has 2 heteroatoms. The summed E-state index contributed by atoms with van der Waals surface area (Å²) in [6.07, 6.45) is 0. The summed E-state index contributed by atoms with van der Waals surface area (Å²) in [6.45, 7) is 0. The molecule has 0 heterocycles. The van der Waals surface area contributed by atoms with Crippen molar-refractivity contribution in [2.24, 2.45) is 0 Å². The molecule has 0 saturated heterocycles. The van der Waals surface area contributed by atoms with Gasteiger partial charge in [0.15, 0.2) is 0 Å². The molecule has 0 aliphatic carbocycles. The van der Waals surface area contributed by atoms with E-state index in [9.17, 15) is 5.26 Å². The Balaban J connectivity index is 1.10. The Morgan fingerprint density at radius 2 is 0.695 bits per heavy atom. The molecule has 0 aliphatic rings. The van der Waals surface area contributed by atoms with Crippen LogP contribution in [0.5, 0.6) is 0 Å². The molecule has 0 aliphatic heterocycles. The zero-order chi connectivity index (χ0) is 39.3. The second-order valence-electron chi connectivity index (χ2n) is 15.3. The first-order valence-corrected chi connectivity index (χ1v) is 20.0. The van der Waals surface area contributed by atoms with Gasteiger partial charge in [0.1, 0.15) is 0 Å². The van der Waals surface area contributed by atoms with E-state index in [0.29, 0.717) is 5.56 Å². The van der Waals surface area contributed by atoms with Gasteiger partial charge in [-0.3, -0.25) is 0 Å². The normalized spacial score (nSPS) is 11.4. The predicted molar refractivity (Wildman–Crippen MR) is 250 cm³/mol. The van der Waals surface area contributed by atoms with E-state index in [1.165, 1.54) is 76.1 Å². The first-order chi connectivity index (χ1) is 29.2. The smallest absolute Gasteiger partial charge is 0.0991 e. The maximum Gasteiger partial charge on any atom is 0.0991 e. The molecule has 0 N–H and O–H groups in total. The Morgan fingerprint density at radius 1 is 0.288 bits per heavy atom. The van der Waals surface area contributed by atoms with Crippen LogP contribution in [0.25, 0.3) is 87.2 Å². The first kappa shape index (κ1) is 34.3. The van der Waals surface area contributed by atoms with E-state index in [0.717, 1.165) is 28.2 Å². The summed E-state index contributed by atoms with van der Waals surface area (Å²) in [7, 11) is 0. The van der Waals surface area contributed by atoms with Gasteiger partial charge >= 0.3 is 0 Å². The third-order valence-electron chi connectivity index (χ3n) is 11.8. The van der Waals surface area contributed by atoms with E-state index in [1.807, 2.05) is 24.3 Å². The summed E-state index contributed by atoms with van der Waals surface area (Å²) in [5.41, 5.74) is 10.9. The van der Waals surface area contributed by atoms with Crippen LogP contribution < -0.4 is 4.90 Å². The van der Waals surface area contributed by atoms with E-state index in [1.54, 1.807) is 0 Å². The standard InChI is InChI=1S/C57H36N2/c58-37-38-17-27-49(28-18-38)59(51-31-25-41-11-3-6-14-45(41)35-51)50-29-23-42(24-30-50)46-26-32-54-55(36-46)57(48-22-20-40-10-2-5-13-44(40)34-48)53-16-8-7-15-52(53)56(54)47-21-19-39-9-1-4-12-43(39)33-47/h1-36H. The summed E-state index contributed by atoms with van der Waals surface area (Å²) in [4.78, 5) is 2.26. The molecular weight excluding hydrogens is 713 g/mol. The highest BCUT2D eigenvalue weighted by atomic mass is 15.1. The Kier molecular flexibility index (Phi) is 8.24. The number of fused-ring (bicyclic) bond motifs is 5. The first-order valence-electron chi connectivity index (χ1n) is 20.0. The van der Waals surface area contributed by atoms with Crippen molar-refractivity contribution in [1.82, 2.24) is 0 Å². The highest BCUT2D eigenvalue weighted by Gasteiger charge is 2.19. The monoisotopic (exact) mass is 748 g/mol. The van der Waals surface area contributed by atoms with Gasteiger partial charge in [0, 0.05) is 17.1 Å². The van der Waals surface area contributed by atoms with Gasteiger partial charge in [0.05, 0.1) is 11.6 Å². The fraction of sp³-hybridized carbons (Fsp3) is 0. The SMILES string of the molecule is N#Cc1ccc(N(c2ccc(-c3ccc4c(-c5ccc6ccccc6c5)c5ccccc5c(-c5ccc6ccccc6c5)c4c3)cc2)c2ccc3ccccc3c2)cc1. The molecule has 0 amide bonds. The Hall–Kier alpha value is -7.99. The van der Waals surface area contributed by atoms with E-state index < -0.39 is 0 Å². The van der Waals surface area contributed by atoms with Crippen LogP contribution in [0.4, 0.5) is 17.1 Å². The van der Waals surface area contributed by atoms with Crippen LogP contribution in [0.15, 0.2) is 218 Å². The number of anilines is 3. The molecule has 0 aromatic heterocycles. The van der Waals surface area contributed by atoms with E-state index >= 15 is 0 Å². The number of benzene rings is 11. The van der Waals surface area contributed by atoms with Crippen molar-refractivity contribution in [2.75, 3.05) is 4.90 Å². The van der Waals surface area contributed by atoms with Crippen molar-refractivity contribution in [1.29, 1.82) is 5.26 Å². The van der Waals surface area contributed by atoms with Gasteiger partial charge in [-0.2, -0.15) is 5.26 Å². The van der Waals surface area contributed by atoms with Gasteiger partial charge in [-0.05, 0) is 154 Å². The molecule has 59 heavy (non-hydrogen) atoms. The van der Waals surface area contributed by atoms with Crippen LogP contribution in [0.1, 0.15) is 5.56 Å². The molecule has 0 spiro atoms. The molecule has 0 bridgehead atoms. The number of rotatable bonds is 6. The van der Waals surface area contributed by atoms with Crippen LogP contribution in [0.3, 0.4) is 0 Å². The van der Waals surface area contributed by atoms with Gasteiger partial charge in [0.25, 0.3) is 0 Å². The van der Waals surface area contributed by atoms with Crippen LogP contribution >= 0.6 is 0 Å². The lowest BCUT2D eigenvalue weighted by atomic mass is 9.84. The number of hydrogen-bond acceptors (Lipinski definition) is 2. The van der Waals surface area contributed by atoms with Crippen LogP contribution in [0, 0.1) is 11.3 Å². The predicted octanol–water partition coefficient (Wildman–Crippen LogP) is 15.8. The summed E-state index contributed by atoms with van der Waals surface area (Å²) in [6, 6.07) is 80.9. The number of hydrogen-bond donors (Lipinski definition) is 0. The van der Waals surface area contributed by atoms with Gasteiger partial charge in [-0.15, -0.1) is 0 Å². The van der Waals surface area contributed by atoms with Crippen molar-refractivity contribution in [3.63, 3.8) is 0 Å². The summed E-state index contributed by atoms with van der Waals surface area (Å²) in [5.74, 6) is 0. The molecular formula is C57H36N2. The largest absolute Gasteiger partial charge is 0.310 e. The van der Waals surface area contributed by atoms with E-state index in [2.05, 4.69) is 205 Å². The van der Waals surface area contributed by atoms with Crippen molar-refractivity contribution in [3.8, 4) is 39.4 Å². The van der Waals surface area contributed by atoms with Crippen molar-refractivity contribution >= 4 is 70.9 Å². The summed E-state index contributed by atoms with van der Waals surface area (Å²) >= 11 is 0. The van der Waals surface area contributed by atoms with Crippen LogP contribution in [-0.2, 0) is 0 Å². The molecule has 11 rings (SSSR count).